The maximum atomic E-state index is 11.8. The molecule has 20 heavy (non-hydrogen) atoms. The topological polar surface area (TPSA) is 38.3 Å². The summed E-state index contributed by atoms with van der Waals surface area (Å²) in [6, 6.07) is 6.55. The molecule has 0 radical (unpaired) electrons. The maximum absolute atomic E-state index is 11.8. The molecule has 0 spiro atoms. The summed E-state index contributed by atoms with van der Waals surface area (Å²) in [5.74, 6) is 0. The van der Waals surface area contributed by atoms with Gasteiger partial charge in [0.25, 0.3) is 0 Å². The van der Waals surface area contributed by atoms with Gasteiger partial charge < -0.3 is 10.1 Å². The molecular weight excluding hydrogens is 250 g/mol. The lowest BCUT2D eigenvalue weighted by Gasteiger charge is -2.27. The molecule has 1 amide bonds. The van der Waals surface area contributed by atoms with Gasteiger partial charge in [0.15, 0.2) is 0 Å². The van der Waals surface area contributed by atoms with Crippen molar-refractivity contribution in [3.8, 4) is 0 Å². The number of hydrogen-bond acceptors (Lipinski definition) is 2. The minimum Gasteiger partial charge on any atom is -0.444 e. The van der Waals surface area contributed by atoms with E-state index in [-0.39, 0.29) is 12.1 Å². The van der Waals surface area contributed by atoms with E-state index in [1.54, 1.807) is 0 Å². The Balaban J connectivity index is 1.98. The molecule has 0 saturated heterocycles. The summed E-state index contributed by atoms with van der Waals surface area (Å²) in [7, 11) is 0. The molecule has 0 aliphatic heterocycles. The Hall–Kier alpha value is -1.77. The molecule has 0 heterocycles. The van der Waals surface area contributed by atoms with Gasteiger partial charge in [0.05, 0.1) is 0 Å². The zero-order chi connectivity index (χ0) is 14.8. The monoisotopic (exact) mass is 273 g/mol. The number of carbonyl (C=O) groups excluding carboxylic acids is 1. The molecule has 1 unspecified atom stereocenters. The summed E-state index contributed by atoms with van der Waals surface area (Å²) < 4.78 is 5.30. The van der Waals surface area contributed by atoms with Crippen molar-refractivity contribution in [3.63, 3.8) is 0 Å². The van der Waals surface area contributed by atoms with Crippen molar-refractivity contribution in [2.75, 3.05) is 0 Å². The highest BCUT2D eigenvalue weighted by Gasteiger charge is 2.23. The first kappa shape index (κ1) is 14.6. The van der Waals surface area contributed by atoms with Crippen LogP contribution in [0.15, 0.2) is 24.8 Å². The summed E-state index contributed by atoms with van der Waals surface area (Å²) in [6.07, 6.45) is 4.34. The zero-order valence-corrected chi connectivity index (χ0v) is 12.5. The van der Waals surface area contributed by atoms with Gasteiger partial charge in [0, 0.05) is 6.04 Å². The standard InChI is InChI=1S/C17H23NO2/c1-5-12-6-7-14-11-15(9-8-13(14)10-12)18-16(19)20-17(2,3)4/h5-7,10,15H,1,8-9,11H2,2-4H3,(H,18,19). The molecular formula is C17H23NO2. The molecule has 1 atom stereocenters. The van der Waals surface area contributed by atoms with E-state index in [9.17, 15) is 4.79 Å². The molecule has 3 heteroatoms. The Morgan fingerprint density at radius 3 is 2.80 bits per heavy atom. The molecule has 0 aromatic heterocycles. The number of amides is 1. The van der Waals surface area contributed by atoms with Crippen molar-refractivity contribution >= 4 is 12.2 Å². The van der Waals surface area contributed by atoms with Crippen LogP contribution < -0.4 is 5.32 Å². The van der Waals surface area contributed by atoms with Crippen molar-refractivity contribution in [1.82, 2.24) is 5.32 Å². The Morgan fingerprint density at radius 2 is 2.15 bits per heavy atom. The lowest BCUT2D eigenvalue weighted by molar-refractivity contribution is 0.0500. The fraction of sp³-hybridized carbons (Fsp3) is 0.471. The van der Waals surface area contributed by atoms with Crippen LogP contribution in [0, 0.1) is 0 Å². The molecule has 1 aliphatic rings. The van der Waals surface area contributed by atoms with Gasteiger partial charge in [-0.15, -0.1) is 0 Å². The predicted molar refractivity (Wildman–Crippen MR) is 81.7 cm³/mol. The van der Waals surface area contributed by atoms with E-state index in [1.165, 1.54) is 11.1 Å². The van der Waals surface area contributed by atoms with E-state index in [2.05, 4.69) is 30.1 Å². The van der Waals surface area contributed by atoms with Crippen LogP contribution in [0.1, 0.15) is 43.9 Å². The van der Waals surface area contributed by atoms with E-state index in [0.717, 1.165) is 24.8 Å². The number of ether oxygens (including phenoxy) is 1. The lowest BCUT2D eigenvalue weighted by Crippen LogP contribution is -2.41. The summed E-state index contributed by atoms with van der Waals surface area (Å²) in [4.78, 5) is 11.8. The molecule has 0 bridgehead atoms. The van der Waals surface area contributed by atoms with Crippen LogP contribution >= 0.6 is 0 Å². The first-order valence-corrected chi connectivity index (χ1v) is 7.11. The second kappa shape index (κ2) is 5.70. The Bertz CT molecular complexity index is 514. The van der Waals surface area contributed by atoms with Crippen LogP contribution in [0.5, 0.6) is 0 Å². The molecule has 2 rings (SSSR count). The Kier molecular flexibility index (Phi) is 4.17. The van der Waals surface area contributed by atoms with E-state index in [0.29, 0.717) is 0 Å². The van der Waals surface area contributed by atoms with E-state index in [1.807, 2.05) is 26.8 Å². The smallest absolute Gasteiger partial charge is 0.407 e. The first-order chi connectivity index (χ1) is 9.37. The number of carbonyl (C=O) groups is 1. The van der Waals surface area contributed by atoms with Gasteiger partial charge in [-0.3, -0.25) is 0 Å². The summed E-state index contributed by atoms with van der Waals surface area (Å²) in [5.41, 5.74) is 3.38. The number of alkyl carbamates (subject to hydrolysis) is 1. The molecule has 1 N–H and O–H groups in total. The molecule has 1 aromatic rings. The van der Waals surface area contributed by atoms with E-state index < -0.39 is 5.60 Å². The number of rotatable bonds is 2. The number of aryl methyl sites for hydroxylation is 1. The highest BCUT2D eigenvalue weighted by molar-refractivity contribution is 5.68. The Labute approximate surface area is 121 Å². The highest BCUT2D eigenvalue weighted by atomic mass is 16.6. The molecule has 108 valence electrons. The van der Waals surface area contributed by atoms with Gasteiger partial charge in [-0.2, -0.15) is 0 Å². The summed E-state index contributed by atoms with van der Waals surface area (Å²) in [6.45, 7) is 9.42. The van der Waals surface area contributed by atoms with Crippen LogP contribution in [-0.2, 0) is 17.6 Å². The first-order valence-electron chi connectivity index (χ1n) is 7.11. The largest absolute Gasteiger partial charge is 0.444 e. The van der Waals surface area contributed by atoms with Gasteiger partial charge in [0.2, 0.25) is 0 Å². The third kappa shape index (κ3) is 3.86. The lowest BCUT2D eigenvalue weighted by atomic mass is 9.87. The predicted octanol–water partition coefficient (Wildman–Crippen LogP) is 3.71. The van der Waals surface area contributed by atoms with Crippen LogP contribution in [0.4, 0.5) is 4.79 Å². The SMILES string of the molecule is C=Cc1ccc2c(c1)CCC(NC(=O)OC(C)(C)C)C2. The molecule has 0 saturated carbocycles. The van der Waals surface area contributed by atoms with Crippen LogP contribution in [-0.4, -0.2) is 17.7 Å². The van der Waals surface area contributed by atoms with Gasteiger partial charge in [-0.25, -0.2) is 4.79 Å². The molecule has 3 nitrogen and oxygen atoms in total. The number of hydrogen-bond donors (Lipinski definition) is 1. The van der Waals surface area contributed by atoms with Gasteiger partial charge in [-0.05, 0) is 56.7 Å². The van der Waals surface area contributed by atoms with Crippen LogP contribution in [0.2, 0.25) is 0 Å². The third-order valence-electron chi connectivity index (χ3n) is 3.42. The van der Waals surface area contributed by atoms with Crippen molar-refractivity contribution < 1.29 is 9.53 Å². The van der Waals surface area contributed by atoms with Gasteiger partial charge in [0.1, 0.15) is 5.60 Å². The highest BCUT2D eigenvalue weighted by Crippen LogP contribution is 2.23. The van der Waals surface area contributed by atoms with Gasteiger partial charge >= 0.3 is 6.09 Å². The molecule has 1 aliphatic carbocycles. The average Bonchev–Trinajstić information content (AvgIpc) is 2.35. The van der Waals surface area contributed by atoms with Gasteiger partial charge in [-0.1, -0.05) is 30.9 Å². The normalized spacial score (nSPS) is 18.1. The third-order valence-corrected chi connectivity index (χ3v) is 3.42. The van der Waals surface area contributed by atoms with Crippen molar-refractivity contribution in [2.45, 2.75) is 51.7 Å². The summed E-state index contributed by atoms with van der Waals surface area (Å²) >= 11 is 0. The number of nitrogens with one attached hydrogen (secondary N) is 1. The Morgan fingerprint density at radius 1 is 1.40 bits per heavy atom. The van der Waals surface area contributed by atoms with Crippen molar-refractivity contribution in [2.24, 2.45) is 0 Å². The van der Waals surface area contributed by atoms with E-state index >= 15 is 0 Å². The van der Waals surface area contributed by atoms with Crippen molar-refractivity contribution in [1.29, 1.82) is 0 Å². The van der Waals surface area contributed by atoms with Crippen molar-refractivity contribution in [3.05, 3.63) is 41.5 Å². The quantitative estimate of drug-likeness (QED) is 0.892. The second-order valence-corrected chi connectivity index (χ2v) is 6.32. The van der Waals surface area contributed by atoms with Crippen LogP contribution in [0.25, 0.3) is 6.08 Å². The summed E-state index contributed by atoms with van der Waals surface area (Å²) in [5, 5.41) is 2.96. The fourth-order valence-corrected chi connectivity index (χ4v) is 2.50. The fourth-order valence-electron chi connectivity index (χ4n) is 2.50. The second-order valence-electron chi connectivity index (χ2n) is 6.32. The minimum atomic E-state index is -0.449. The zero-order valence-electron chi connectivity index (χ0n) is 12.5. The minimum absolute atomic E-state index is 0.159. The molecule has 1 aromatic carbocycles. The van der Waals surface area contributed by atoms with E-state index in [4.69, 9.17) is 4.74 Å². The molecule has 0 fully saturated rings. The maximum Gasteiger partial charge on any atom is 0.407 e. The number of benzene rings is 1. The average molecular weight is 273 g/mol. The van der Waals surface area contributed by atoms with Crippen LogP contribution in [0.3, 0.4) is 0 Å². The number of fused-ring (bicyclic) bond motifs is 1.